The molecule has 0 aliphatic carbocycles. The topological polar surface area (TPSA) is 15.3 Å². The molecule has 0 aromatic rings. The van der Waals surface area contributed by atoms with Crippen molar-refractivity contribution in [1.29, 1.82) is 0 Å². The van der Waals surface area contributed by atoms with E-state index in [4.69, 9.17) is 0 Å². The van der Waals surface area contributed by atoms with Gasteiger partial charge in [0.05, 0.1) is 0 Å². The first kappa shape index (κ1) is 13.9. The van der Waals surface area contributed by atoms with Crippen molar-refractivity contribution >= 4 is 0 Å². The van der Waals surface area contributed by atoms with Gasteiger partial charge in [-0.3, -0.25) is 0 Å². The zero-order valence-corrected chi connectivity index (χ0v) is 10.5. The fourth-order valence-electron chi connectivity index (χ4n) is 1.69. The number of nitrogens with zero attached hydrogens (tertiary/aromatic N) is 1. The van der Waals surface area contributed by atoms with Gasteiger partial charge in [-0.25, -0.2) is 0 Å². The molecule has 1 atom stereocenters. The van der Waals surface area contributed by atoms with Crippen LogP contribution in [0.4, 0.5) is 0 Å². The van der Waals surface area contributed by atoms with Gasteiger partial charge < -0.3 is 10.2 Å². The second kappa shape index (κ2) is 9.47. The third-order valence-corrected chi connectivity index (χ3v) is 2.64. The number of likely N-dealkylation sites (N-methyl/N-ethyl adjacent to an activating group) is 1. The molecule has 0 spiro atoms. The van der Waals surface area contributed by atoms with Crippen LogP contribution < -0.4 is 5.32 Å². The SMILES string of the molecule is CCCNC(CC)CN(CC)CCC. The smallest absolute Gasteiger partial charge is 0.0192 e. The molecule has 0 aliphatic rings. The van der Waals surface area contributed by atoms with Gasteiger partial charge in [-0.1, -0.05) is 27.7 Å². The van der Waals surface area contributed by atoms with Gasteiger partial charge in [0.2, 0.25) is 0 Å². The van der Waals surface area contributed by atoms with E-state index in [1.54, 1.807) is 0 Å². The Morgan fingerprint density at radius 3 is 2.21 bits per heavy atom. The minimum absolute atomic E-state index is 0.682. The largest absolute Gasteiger partial charge is 0.313 e. The molecule has 2 heteroatoms. The lowest BCUT2D eigenvalue weighted by molar-refractivity contribution is 0.250. The van der Waals surface area contributed by atoms with E-state index in [-0.39, 0.29) is 0 Å². The van der Waals surface area contributed by atoms with Gasteiger partial charge in [0, 0.05) is 12.6 Å². The summed E-state index contributed by atoms with van der Waals surface area (Å²) in [6.45, 7) is 13.8. The van der Waals surface area contributed by atoms with E-state index in [0.717, 1.165) is 6.54 Å². The Bertz CT molecular complexity index is 115. The summed E-state index contributed by atoms with van der Waals surface area (Å²) in [6, 6.07) is 0.682. The summed E-state index contributed by atoms with van der Waals surface area (Å²) in [5, 5.41) is 3.60. The first-order chi connectivity index (χ1) is 6.78. The molecule has 0 aromatic carbocycles. The molecule has 0 amide bonds. The van der Waals surface area contributed by atoms with Crippen LogP contribution in [0, 0.1) is 0 Å². The van der Waals surface area contributed by atoms with E-state index in [9.17, 15) is 0 Å². The average Bonchev–Trinajstić information content (AvgIpc) is 2.22. The Kier molecular flexibility index (Phi) is 9.42. The molecular formula is C12H28N2. The van der Waals surface area contributed by atoms with Crippen LogP contribution in [-0.4, -0.2) is 37.1 Å². The zero-order chi connectivity index (χ0) is 10.8. The quantitative estimate of drug-likeness (QED) is 0.615. The first-order valence-electron chi connectivity index (χ1n) is 6.24. The molecule has 86 valence electrons. The maximum absolute atomic E-state index is 3.60. The Morgan fingerprint density at radius 2 is 1.79 bits per heavy atom. The summed E-state index contributed by atoms with van der Waals surface area (Å²) in [5.41, 5.74) is 0. The first-order valence-corrected chi connectivity index (χ1v) is 6.24. The van der Waals surface area contributed by atoms with Crippen LogP contribution in [0.5, 0.6) is 0 Å². The van der Waals surface area contributed by atoms with Crippen molar-refractivity contribution in [1.82, 2.24) is 10.2 Å². The van der Waals surface area contributed by atoms with Gasteiger partial charge in [0.25, 0.3) is 0 Å². The van der Waals surface area contributed by atoms with E-state index in [2.05, 4.69) is 37.9 Å². The van der Waals surface area contributed by atoms with Crippen molar-refractivity contribution in [3.63, 3.8) is 0 Å². The molecule has 2 nitrogen and oxygen atoms in total. The number of nitrogens with one attached hydrogen (secondary N) is 1. The molecule has 0 aliphatic heterocycles. The van der Waals surface area contributed by atoms with Gasteiger partial charge in [0.15, 0.2) is 0 Å². The van der Waals surface area contributed by atoms with E-state index in [1.165, 1.54) is 38.9 Å². The summed E-state index contributed by atoms with van der Waals surface area (Å²) in [4.78, 5) is 2.54. The van der Waals surface area contributed by atoms with Crippen LogP contribution in [0.1, 0.15) is 47.0 Å². The Hall–Kier alpha value is -0.0800. The van der Waals surface area contributed by atoms with Crippen LogP contribution in [0.2, 0.25) is 0 Å². The molecule has 0 rings (SSSR count). The number of rotatable bonds is 9. The fourth-order valence-corrected chi connectivity index (χ4v) is 1.69. The predicted molar refractivity (Wildman–Crippen MR) is 64.8 cm³/mol. The molecular weight excluding hydrogens is 172 g/mol. The third-order valence-electron chi connectivity index (χ3n) is 2.64. The van der Waals surface area contributed by atoms with Crippen LogP contribution >= 0.6 is 0 Å². The number of hydrogen-bond donors (Lipinski definition) is 1. The lowest BCUT2D eigenvalue weighted by Gasteiger charge is -2.26. The van der Waals surface area contributed by atoms with Crippen molar-refractivity contribution in [3.05, 3.63) is 0 Å². The highest BCUT2D eigenvalue weighted by atomic mass is 15.1. The number of hydrogen-bond acceptors (Lipinski definition) is 2. The van der Waals surface area contributed by atoms with Crippen molar-refractivity contribution < 1.29 is 0 Å². The Balaban J connectivity index is 3.75. The van der Waals surface area contributed by atoms with Crippen LogP contribution in [0.3, 0.4) is 0 Å². The second-order valence-corrected chi connectivity index (χ2v) is 3.95. The summed E-state index contributed by atoms with van der Waals surface area (Å²) < 4.78 is 0. The van der Waals surface area contributed by atoms with Crippen LogP contribution in [0.15, 0.2) is 0 Å². The lowest BCUT2D eigenvalue weighted by atomic mass is 10.2. The van der Waals surface area contributed by atoms with Crippen molar-refractivity contribution in [3.8, 4) is 0 Å². The minimum atomic E-state index is 0.682. The lowest BCUT2D eigenvalue weighted by Crippen LogP contribution is -2.41. The Morgan fingerprint density at radius 1 is 1.07 bits per heavy atom. The van der Waals surface area contributed by atoms with Gasteiger partial charge in [-0.05, 0) is 38.9 Å². The summed E-state index contributed by atoms with van der Waals surface area (Å²) >= 11 is 0. The summed E-state index contributed by atoms with van der Waals surface area (Å²) in [5.74, 6) is 0. The van der Waals surface area contributed by atoms with Crippen LogP contribution in [0.25, 0.3) is 0 Å². The highest BCUT2D eigenvalue weighted by molar-refractivity contribution is 4.69. The molecule has 0 aromatic heterocycles. The average molecular weight is 200 g/mol. The second-order valence-electron chi connectivity index (χ2n) is 3.95. The van der Waals surface area contributed by atoms with Gasteiger partial charge >= 0.3 is 0 Å². The van der Waals surface area contributed by atoms with E-state index < -0.39 is 0 Å². The van der Waals surface area contributed by atoms with Gasteiger partial charge in [0.1, 0.15) is 0 Å². The molecule has 14 heavy (non-hydrogen) atoms. The molecule has 0 saturated carbocycles. The molecule has 1 N–H and O–H groups in total. The Labute approximate surface area is 90.1 Å². The highest BCUT2D eigenvalue weighted by Gasteiger charge is 2.09. The van der Waals surface area contributed by atoms with Crippen molar-refractivity contribution in [2.24, 2.45) is 0 Å². The molecule has 0 heterocycles. The summed E-state index contributed by atoms with van der Waals surface area (Å²) in [6.07, 6.45) is 3.73. The zero-order valence-electron chi connectivity index (χ0n) is 10.5. The van der Waals surface area contributed by atoms with E-state index >= 15 is 0 Å². The summed E-state index contributed by atoms with van der Waals surface area (Å²) in [7, 11) is 0. The molecule has 1 unspecified atom stereocenters. The molecule has 0 radical (unpaired) electrons. The maximum Gasteiger partial charge on any atom is 0.0192 e. The third kappa shape index (κ3) is 6.39. The maximum atomic E-state index is 3.60. The van der Waals surface area contributed by atoms with Gasteiger partial charge in [-0.15, -0.1) is 0 Å². The van der Waals surface area contributed by atoms with Crippen molar-refractivity contribution in [2.45, 2.75) is 53.0 Å². The van der Waals surface area contributed by atoms with E-state index in [0.29, 0.717) is 6.04 Å². The van der Waals surface area contributed by atoms with Crippen LogP contribution in [-0.2, 0) is 0 Å². The monoisotopic (exact) mass is 200 g/mol. The van der Waals surface area contributed by atoms with Crippen molar-refractivity contribution in [2.75, 3.05) is 26.2 Å². The molecule has 0 saturated heterocycles. The highest BCUT2D eigenvalue weighted by Crippen LogP contribution is 1.98. The molecule has 0 fully saturated rings. The fraction of sp³-hybridized carbons (Fsp3) is 1.00. The normalized spacial score (nSPS) is 13.5. The molecule has 0 bridgehead atoms. The minimum Gasteiger partial charge on any atom is -0.313 e. The van der Waals surface area contributed by atoms with Gasteiger partial charge in [-0.2, -0.15) is 0 Å². The van der Waals surface area contributed by atoms with E-state index in [1.807, 2.05) is 0 Å². The standard InChI is InChI=1S/C12H28N2/c1-5-9-13-12(7-3)11-14(8-4)10-6-2/h12-13H,5-11H2,1-4H3. The predicted octanol–water partition coefficient (Wildman–Crippen LogP) is 2.50.